The maximum Gasteiger partial charge on any atom is 0.246 e. The van der Waals surface area contributed by atoms with E-state index in [0.717, 1.165) is 45.0 Å². The van der Waals surface area contributed by atoms with Crippen LogP contribution in [0.4, 0.5) is 11.4 Å². The monoisotopic (exact) mass is 433 g/mol. The second-order valence-electron chi connectivity index (χ2n) is 8.75. The molecule has 0 unspecified atom stereocenters. The standard InChI is InChI=1S/C27H35N3O2/c1-28(22-24-8-4-5-9-26(24)30-18-20-32-21-19-30)27(31)15-12-23-10-13-25(14-11-23)29-16-6-2-3-7-17-29/h4-5,8-15H,2-3,6-7,16-22H2,1H3/b15-12+. The smallest absolute Gasteiger partial charge is 0.246 e. The number of carbonyl (C=O) groups is 1. The van der Waals surface area contributed by atoms with E-state index in [4.69, 9.17) is 4.74 Å². The lowest BCUT2D eigenvalue weighted by Crippen LogP contribution is -2.37. The van der Waals surface area contributed by atoms with E-state index < -0.39 is 0 Å². The molecule has 5 heteroatoms. The summed E-state index contributed by atoms with van der Waals surface area (Å²) in [5, 5.41) is 0. The molecule has 2 aliphatic rings. The Balaban J connectivity index is 1.35. The van der Waals surface area contributed by atoms with E-state index >= 15 is 0 Å². The lowest BCUT2D eigenvalue weighted by Gasteiger charge is -2.31. The predicted octanol–water partition coefficient (Wildman–Crippen LogP) is 4.58. The summed E-state index contributed by atoms with van der Waals surface area (Å²) in [5.74, 6) is 0.0124. The van der Waals surface area contributed by atoms with Crippen LogP contribution in [0.3, 0.4) is 0 Å². The fourth-order valence-electron chi connectivity index (χ4n) is 4.51. The first kappa shape index (κ1) is 22.4. The number of hydrogen-bond acceptors (Lipinski definition) is 4. The van der Waals surface area contributed by atoms with Crippen molar-refractivity contribution >= 4 is 23.4 Å². The van der Waals surface area contributed by atoms with Crippen molar-refractivity contribution in [3.63, 3.8) is 0 Å². The van der Waals surface area contributed by atoms with Gasteiger partial charge in [-0.25, -0.2) is 0 Å². The van der Waals surface area contributed by atoms with Crippen LogP contribution in [0.25, 0.3) is 6.08 Å². The third-order valence-corrected chi connectivity index (χ3v) is 6.41. The van der Waals surface area contributed by atoms with E-state index in [9.17, 15) is 4.79 Å². The fourth-order valence-corrected chi connectivity index (χ4v) is 4.51. The highest BCUT2D eigenvalue weighted by atomic mass is 16.5. The zero-order chi connectivity index (χ0) is 22.2. The minimum atomic E-state index is 0.0124. The van der Waals surface area contributed by atoms with Crippen LogP contribution in [0.2, 0.25) is 0 Å². The lowest BCUT2D eigenvalue weighted by molar-refractivity contribution is -0.125. The molecule has 2 aliphatic heterocycles. The van der Waals surface area contributed by atoms with Gasteiger partial charge in [-0.2, -0.15) is 0 Å². The van der Waals surface area contributed by atoms with Crippen LogP contribution in [-0.2, 0) is 16.1 Å². The molecule has 2 heterocycles. The highest BCUT2D eigenvalue weighted by molar-refractivity contribution is 5.91. The van der Waals surface area contributed by atoms with Crippen molar-refractivity contribution in [1.82, 2.24) is 4.90 Å². The molecule has 0 saturated carbocycles. The Hall–Kier alpha value is -2.79. The second kappa shape index (κ2) is 11.2. The molecular weight excluding hydrogens is 398 g/mol. The molecule has 0 atom stereocenters. The Labute approximate surface area is 192 Å². The number of anilines is 2. The molecule has 2 fully saturated rings. The lowest BCUT2D eigenvalue weighted by atomic mass is 10.1. The highest BCUT2D eigenvalue weighted by Crippen LogP contribution is 2.23. The van der Waals surface area contributed by atoms with E-state index in [1.165, 1.54) is 42.6 Å². The van der Waals surface area contributed by atoms with Crippen LogP contribution in [-0.4, -0.2) is 57.2 Å². The third-order valence-electron chi connectivity index (χ3n) is 6.41. The van der Waals surface area contributed by atoms with Crippen LogP contribution >= 0.6 is 0 Å². The van der Waals surface area contributed by atoms with E-state index in [1.54, 1.807) is 11.0 Å². The second-order valence-corrected chi connectivity index (χ2v) is 8.75. The van der Waals surface area contributed by atoms with Crippen LogP contribution in [0.15, 0.2) is 54.6 Å². The predicted molar refractivity (Wildman–Crippen MR) is 132 cm³/mol. The van der Waals surface area contributed by atoms with Crippen molar-refractivity contribution in [1.29, 1.82) is 0 Å². The van der Waals surface area contributed by atoms with Gasteiger partial charge in [0, 0.05) is 57.2 Å². The number of morpholine rings is 1. The molecule has 0 N–H and O–H groups in total. The maximum atomic E-state index is 12.8. The van der Waals surface area contributed by atoms with Crippen molar-refractivity contribution in [2.45, 2.75) is 32.2 Å². The molecule has 0 spiro atoms. The van der Waals surface area contributed by atoms with Crippen molar-refractivity contribution in [2.24, 2.45) is 0 Å². The fraction of sp³-hybridized carbons (Fsp3) is 0.444. The van der Waals surface area contributed by atoms with Crippen molar-refractivity contribution < 1.29 is 9.53 Å². The van der Waals surface area contributed by atoms with Gasteiger partial charge in [0.15, 0.2) is 0 Å². The number of ether oxygens (including phenoxy) is 1. The molecule has 2 aromatic carbocycles. The van der Waals surface area contributed by atoms with E-state index in [2.05, 4.69) is 52.3 Å². The number of nitrogens with zero attached hydrogens (tertiary/aromatic N) is 3. The Kier molecular flexibility index (Phi) is 7.83. The summed E-state index contributed by atoms with van der Waals surface area (Å²) < 4.78 is 5.48. The normalized spacial score (nSPS) is 17.4. The van der Waals surface area contributed by atoms with E-state index in [-0.39, 0.29) is 5.91 Å². The molecule has 0 radical (unpaired) electrons. The van der Waals surface area contributed by atoms with Crippen molar-refractivity contribution in [3.05, 3.63) is 65.7 Å². The first-order valence-electron chi connectivity index (χ1n) is 11.9. The van der Waals surface area contributed by atoms with Crippen LogP contribution in [0.1, 0.15) is 36.8 Å². The molecule has 170 valence electrons. The van der Waals surface area contributed by atoms with Gasteiger partial charge in [-0.3, -0.25) is 4.79 Å². The van der Waals surface area contributed by atoms with Crippen molar-refractivity contribution in [3.8, 4) is 0 Å². The molecule has 0 aromatic heterocycles. The van der Waals surface area contributed by atoms with Gasteiger partial charge in [-0.15, -0.1) is 0 Å². The van der Waals surface area contributed by atoms with Gasteiger partial charge in [-0.1, -0.05) is 43.2 Å². The number of amides is 1. The van der Waals surface area contributed by atoms with Crippen LogP contribution < -0.4 is 9.80 Å². The molecule has 2 saturated heterocycles. The van der Waals surface area contributed by atoms with Crippen LogP contribution in [0, 0.1) is 0 Å². The number of rotatable bonds is 6. The zero-order valence-electron chi connectivity index (χ0n) is 19.2. The Morgan fingerprint density at radius 1 is 0.906 bits per heavy atom. The average molecular weight is 434 g/mol. The molecule has 4 rings (SSSR count). The molecule has 2 aromatic rings. The largest absolute Gasteiger partial charge is 0.378 e. The summed E-state index contributed by atoms with van der Waals surface area (Å²) in [6.45, 7) is 6.16. The third kappa shape index (κ3) is 5.92. The summed E-state index contributed by atoms with van der Waals surface area (Å²) in [4.78, 5) is 19.4. The minimum Gasteiger partial charge on any atom is -0.378 e. The van der Waals surface area contributed by atoms with Gasteiger partial charge in [0.1, 0.15) is 0 Å². The van der Waals surface area contributed by atoms with Gasteiger partial charge in [0.25, 0.3) is 0 Å². The van der Waals surface area contributed by atoms with Crippen LogP contribution in [0.5, 0.6) is 0 Å². The average Bonchev–Trinajstić information content (AvgIpc) is 3.13. The SMILES string of the molecule is CN(Cc1ccccc1N1CCOCC1)C(=O)/C=C/c1ccc(N2CCCCCC2)cc1. The topological polar surface area (TPSA) is 36.0 Å². The van der Waals surface area contributed by atoms with Gasteiger partial charge < -0.3 is 19.4 Å². The quantitative estimate of drug-likeness (QED) is 0.625. The highest BCUT2D eigenvalue weighted by Gasteiger charge is 2.16. The summed E-state index contributed by atoms with van der Waals surface area (Å²) in [5.41, 5.74) is 4.70. The summed E-state index contributed by atoms with van der Waals surface area (Å²) in [7, 11) is 1.87. The number of benzene rings is 2. The van der Waals surface area contributed by atoms with Gasteiger partial charge in [0.2, 0.25) is 5.91 Å². The van der Waals surface area contributed by atoms with Crippen molar-refractivity contribution in [2.75, 3.05) is 56.2 Å². The Morgan fingerprint density at radius 2 is 1.59 bits per heavy atom. The molecule has 1 amide bonds. The molecule has 0 bridgehead atoms. The van der Waals surface area contributed by atoms with Gasteiger partial charge in [-0.05, 0) is 48.2 Å². The molecule has 32 heavy (non-hydrogen) atoms. The molecule has 5 nitrogen and oxygen atoms in total. The number of likely N-dealkylation sites (N-methyl/N-ethyl adjacent to an activating group) is 1. The van der Waals surface area contributed by atoms with E-state index in [0.29, 0.717) is 6.54 Å². The van der Waals surface area contributed by atoms with Gasteiger partial charge in [0.05, 0.1) is 13.2 Å². The maximum absolute atomic E-state index is 12.8. The van der Waals surface area contributed by atoms with Gasteiger partial charge >= 0.3 is 0 Å². The first-order valence-corrected chi connectivity index (χ1v) is 11.9. The first-order chi connectivity index (χ1) is 15.7. The minimum absolute atomic E-state index is 0.0124. The Morgan fingerprint density at radius 3 is 2.31 bits per heavy atom. The number of para-hydroxylation sites is 1. The summed E-state index contributed by atoms with van der Waals surface area (Å²) >= 11 is 0. The molecule has 0 aliphatic carbocycles. The summed E-state index contributed by atoms with van der Waals surface area (Å²) in [6, 6.07) is 16.9. The summed E-state index contributed by atoms with van der Waals surface area (Å²) in [6.07, 6.45) is 8.82. The molecular formula is C27H35N3O2. The van der Waals surface area contributed by atoms with E-state index in [1.807, 2.05) is 19.2 Å². The zero-order valence-corrected chi connectivity index (χ0v) is 19.2. The Bertz CT molecular complexity index is 895. The number of carbonyl (C=O) groups excluding carboxylic acids is 1. The number of hydrogen-bond donors (Lipinski definition) is 0.